The Hall–Kier alpha value is -2.26. The van der Waals surface area contributed by atoms with Gasteiger partial charge in [-0.3, -0.25) is 0 Å². The predicted molar refractivity (Wildman–Crippen MR) is 78.5 cm³/mol. The van der Waals surface area contributed by atoms with Crippen molar-refractivity contribution in [3.63, 3.8) is 0 Å². The van der Waals surface area contributed by atoms with Crippen molar-refractivity contribution < 1.29 is 10.2 Å². The van der Waals surface area contributed by atoms with Crippen LogP contribution in [0.15, 0.2) is 60.0 Å². The first-order valence-electron chi connectivity index (χ1n) is 5.91. The van der Waals surface area contributed by atoms with Gasteiger partial charge in [0.25, 0.3) is 0 Å². The van der Waals surface area contributed by atoms with E-state index in [1.165, 1.54) is 0 Å². The molecule has 0 aliphatic heterocycles. The molecule has 0 aliphatic carbocycles. The minimum atomic E-state index is 0.268. The van der Waals surface area contributed by atoms with Crippen LogP contribution in [0, 0.1) is 0 Å². The van der Waals surface area contributed by atoms with Crippen molar-refractivity contribution in [3.8, 4) is 33.1 Å². The summed E-state index contributed by atoms with van der Waals surface area (Å²) < 4.78 is 0. The molecule has 1 aromatic heterocycles. The summed E-state index contributed by atoms with van der Waals surface area (Å²) in [6.45, 7) is 0. The molecule has 0 spiro atoms. The fourth-order valence-electron chi connectivity index (χ4n) is 2.02. The highest BCUT2D eigenvalue weighted by molar-refractivity contribution is 7.14. The number of rotatable bonds is 2. The molecule has 3 heteroatoms. The van der Waals surface area contributed by atoms with Gasteiger partial charge in [0.1, 0.15) is 11.5 Å². The molecule has 19 heavy (non-hydrogen) atoms. The summed E-state index contributed by atoms with van der Waals surface area (Å²) >= 11 is 1.55. The molecule has 1 heterocycles. The second-order valence-corrected chi connectivity index (χ2v) is 5.15. The van der Waals surface area contributed by atoms with E-state index in [0.717, 1.165) is 21.6 Å². The van der Waals surface area contributed by atoms with Gasteiger partial charge in [-0.2, -0.15) is 0 Å². The zero-order valence-corrected chi connectivity index (χ0v) is 10.9. The van der Waals surface area contributed by atoms with Crippen LogP contribution in [0.3, 0.4) is 0 Å². The Labute approximate surface area is 115 Å². The standard InChI is InChI=1S/C16H12O2S/c17-14-7-3-1-5-12(14)11-9-16(19-10-11)13-6-2-4-8-15(13)18/h1-10,17-18H. The van der Waals surface area contributed by atoms with Crippen LogP contribution in [-0.2, 0) is 0 Å². The molecule has 3 aromatic rings. The Balaban J connectivity index is 2.06. The maximum atomic E-state index is 9.86. The minimum absolute atomic E-state index is 0.268. The number of aromatic hydroxyl groups is 2. The summed E-state index contributed by atoms with van der Waals surface area (Å²) in [5, 5.41) is 21.7. The summed E-state index contributed by atoms with van der Waals surface area (Å²) in [6, 6.07) is 16.5. The quantitative estimate of drug-likeness (QED) is 0.718. The number of thiophene rings is 1. The van der Waals surface area contributed by atoms with Gasteiger partial charge in [0.05, 0.1) is 0 Å². The molecular weight excluding hydrogens is 256 g/mol. The Bertz CT molecular complexity index is 656. The molecule has 0 saturated heterocycles. The van der Waals surface area contributed by atoms with E-state index < -0.39 is 0 Å². The molecule has 2 aromatic carbocycles. The Morgan fingerprint density at radius 1 is 0.737 bits per heavy atom. The smallest absolute Gasteiger partial charge is 0.124 e. The number of hydrogen-bond donors (Lipinski definition) is 2. The molecule has 94 valence electrons. The fourth-order valence-corrected chi connectivity index (χ4v) is 2.96. The SMILES string of the molecule is Oc1ccccc1-c1csc(-c2ccccc2O)c1. The van der Waals surface area contributed by atoms with Crippen LogP contribution in [0.25, 0.3) is 21.6 Å². The molecular formula is C16H12O2S. The van der Waals surface area contributed by atoms with Crippen LogP contribution in [0.5, 0.6) is 11.5 Å². The second-order valence-electron chi connectivity index (χ2n) is 4.23. The molecule has 0 radical (unpaired) electrons. The Kier molecular flexibility index (Phi) is 2.97. The zero-order chi connectivity index (χ0) is 13.2. The molecule has 3 rings (SSSR count). The molecule has 0 aliphatic rings. The highest BCUT2D eigenvalue weighted by Gasteiger charge is 2.09. The molecule has 0 fully saturated rings. The van der Waals surface area contributed by atoms with E-state index in [0.29, 0.717) is 0 Å². The lowest BCUT2D eigenvalue weighted by molar-refractivity contribution is 0.477. The largest absolute Gasteiger partial charge is 0.507 e. The van der Waals surface area contributed by atoms with Crippen molar-refractivity contribution in [2.75, 3.05) is 0 Å². The van der Waals surface area contributed by atoms with Crippen molar-refractivity contribution in [2.45, 2.75) is 0 Å². The van der Waals surface area contributed by atoms with Gasteiger partial charge in [-0.15, -0.1) is 11.3 Å². The van der Waals surface area contributed by atoms with Crippen molar-refractivity contribution in [2.24, 2.45) is 0 Å². The lowest BCUT2D eigenvalue weighted by atomic mass is 10.1. The van der Waals surface area contributed by atoms with Gasteiger partial charge in [0, 0.05) is 16.0 Å². The average molecular weight is 268 g/mol. The number of hydrogen-bond acceptors (Lipinski definition) is 3. The molecule has 0 atom stereocenters. The predicted octanol–water partition coefficient (Wildman–Crippen LogP) is 4.49. The highest BCUT2D eigenvalue weighted by Crippen LogP contribution is 2.38. The maximum Gasteiger partial charge on any atom is 0.124 e. The van der Waals surface area contributed by atoms with Crippen LogP contribution in [0.2, 0.25) is 0 Å². The van der Waals surface area contributed by atoms with E-state index in [-0.39, 0.29) is 11.5 Å². The summed E-state index contributed by atoms with van der Waals surface area (Å²) in [5.74, 6) is 0.539. The summed E-state index contributed by atoms with van der Waals surface area (Å²) in [5.41, 5.74) is 2.58. The van der Waals surface area contributed by atoms with E-state index in [9.17, 15) is 10.2 Å². The normalized spacial score (nSPS) is 10.5. The number of para-hydroxylation sites is 2. The van der Waals surface area contributed by atoms with Gasteiger partial charge < -0.3 is 10.2 Å². The van der Waals surface area contributed by atoms with Crippen molar-refractivity contribution >= 4 is 11.3 Å². The zero-order valence-electron chi connectivity index (χ0n) is 10.1. The minimum Gasteiger partial charge on any atom is -0.507 e. The maximum absolute atomic E-state index is 9.86. The highest BCUT2D eigenvalue weighted by atomic mass is 32.1. The van der Waals surface area contributed by atoms with Crippen LogP contribution in [0.4, 0.5) is 0 Å². The third-order valence-electron chi connectivity index (χ3n) is 2.98. The van der Waals surface area contributed by atoms with E-state index in [4.69, 9.17) is 0 Å². The van der Waals surface area contributed by atoms with Gasteiger partial charge >= 0.3 is 0 Å². The second kappa shape index (κ2) is 4.78. The van der Waals surface area contributed by atoms with E-state index in [1.54, 1.807) is 35.6 Å². The summed E-state index contributed by atoms with van der Waals surface area (Å²) in [4.78, 5) is 0.983. The molecule has 0 unspecified atom stereocenters. The Morgan fingerprint density at radius 2 is 1.32 bits per heavy atom. The molecule has 2 N–H and O–H groups in total. The number of phenolic OH excluding ortho intramolecular Hbond substituents is 2. The van der Waals surface area contributed by atoms with E-state index in [1.807, 2.05) is 35.7 Å². The molecule has 2 nitrogen and oxygen atoms in total. The fraction of sp³-hybridized carbons (Fsp3) is 0. The van der Waals surface area contributed by atoms with Gasteiger partial charge in [0.15, 0.2) is 0 Å². The van der Waals surface area contributed by atoms with Crippen molar-refractivity contribution in [1.29, 1.82) is 0 Å². The molecule has 0 saturated carbocycles. The molecule has 0 amide bonds. The number of phenols is 2. The van der Waals surface area contributed by atoms with E-state index in [2.05, 4.69) is 0 Å². The molecule has 0 bridgehead atoms. The third kappa shape index (κ3) is 2.20. The lowest BCUT2D eigenvalue weighted by Crippen LogP contribution is -1.75. The first-order chi connectivity index (χ1) is 9.25. The number of benzene rings is 2. The first-order valence-corrected chi connectivity index (χ1v) is 6.79. The van der Waals surface area contributed by atoms with Crippen molar-refractivity contribution in [3.05, 3.63) is 60.0 Å². The van der Waals surface area contributed by atoms with Gasteiger partial charge in [-0.1, -0.05) is 30.3 Å². The van der Waals surface area contributed by atoms with Crippen LogP contribution < -0.4 is 0 Å². The topological polar surface area (TPSA) is 40.5 Å². The average Bonchev–Trinajstić information content (AvgIpc) is 2.89. The summed E-state index contributed by atoms with van der Waals surface area (Å²) in [7, 11) is 0. The monoisotopic (exact) mass is 268 g/mol. The Morgan fingerprint density at radius 3 is 1.95 bits per heavy atom. The third-order valence-corrected chi connectivity index (χ3v) is 3.95. The van der Waals surface area contributed by atoms with Gasteiger partial charge in [-0.25, -0.2) is 0 Å². The van der Waals surface area contributed by atoms with Crippen LogP contribution >= 0.6 is 11.3 Å². The van der Waals surface area contributed by atoms with Gasteiger partial charge in [-0.05, 0) is 35.2 Å². The first kappa shape index (κ1) is 11.8. The van der Waals surface area contributed by atoms with Gasteiger partial charge in [0.2, 0.25) is 0 Å². The van der Waals surface area contributed by atoms with E-state index >= 15 is 0 Å². The van der Waals surface area contributed by atoms with Crippen LogP contribution in [-0.4, -0.2) is 10.2 Å². The summed E-state index contributed by atoms with van der Waals surface area (Å²) in [6.07, 6.45) is 0. The van der Waals surface area contributed by atoms with Crippen LogP contribution in [0.1, 0.15) is 0 Å². The van der Waals surface area contributed by atoms with Crippen molar-refractivity contribution in [1.82, 2.24) is 0 Å². The lowest BCUT2D eigenvalue weighted by Gasteiger charge is -2.01.